The predicted molar refractivity (Wildman–Crippen MR) is 247 cm³/mol. The summed E-state index contributed by atoms with van der Waals surface area (Å²) in [4.78, 5) is 109. The standard InChI is InChI=1S/C49H62N8O9/c1-6-28(4)43(47(63)56-39(49(65)66)24-32-25-51-36-18-12-11-15-33(32)36)57-41(60)26-52-45(61)37(21-22-40(50)59)54-46(62)38(23-27(2)3)55-48(64)44(53-29(5)58)42-34-16-9-7-13-30(34)19-20-31-14-8-10-17-35(31)42/h7-18,25,27-28,37-39,42-44,51H,6,19-24,26H2,1-5H3,(H2,50,59)(H,52,61)(H,53,58)(H,54,62)(H,55,64)(H,56,63)(H,57,60)(H,65,66)/t28-,37-,38-,39-,43-,44+/m0/s1. The fraction of sp³-hybridized carbons (Fsp3) is 0.429. The molecule has 0 saturated heterocycles. The zero-order chi connectivity index (χ0) is 48.1. The van der Waals surface area contributed by atoms with E-state index >= 15 is 0 Å². The van der Waals surface area contributed by atoms with Gasteiger partial charge in [-0.15, -0.1) is 0 Å². The van der Waals surface area contributed by atoms with Crippen LogP contribution in [0.15, 0.2) is 79.0 Å². The summed E-state index contributed by atoms with van der Waals surface area (Å²) in [5.41, 5.74) is 10.7. The molecule has 0 aliphatic heterocycles. The van der Waals surface area contributed by atoms with Crippen molar-refractivity contribution in [1.82, 2.24) is 36.9 Å². The van der Waals surface area contributed by atoms with E-state index in [1.807, 2.05) is 86.6 Å². The summed E-state index contributed by atoms with van der Waals surface area (Å²) >= 11 is 0. The highest BCUT2D eigenvalue weighted by atomic mass is 16.4. The predicted octanol–water partition coefficient (Wildman–Crippen LogP) is 2.64. The number of rotatable bonds is 22. The number of aromatic nitrogens is 1. The van der Waals surface area contributed by atoms with Gasteiger partial charge in [-0.3, -0.25) is 33.6 Å². The minimum absolute atomic E-state index is 0.0259. The molecule has 0 radical (unpaired) electrons. The van der Waals surface area contributed by atoms with Gasteiger partial charge in [0.15, 0.2) is 0 Å². The van der Waals surface area contributed by atoms with Gasteiger partial charge in [0.2, 0.25) is 41.4 Å². The van der Waals surface area contributed by atoms with Crippen LogP contribution in [0.5, 0.6) is 0 Å². The van der Waals surface area contributed by atoms with Crippen LogP contribution in [-0.2, 0) is 57.6 Å². The van der Waals surface area contributed by atoms with Gasteiger partial charge in [-0.2, -0.15) is 0 Å². The summed E-state index contributed by atoms with van der Waals surface area (Å²) in [5.74, 6) is -7.35. The first kappa shape index (κ1) is 50.0. The monoisotopic (exact) mass is 906 g/mol. The lowest BCUT2D eigenvalue weighted by Gasteiger charge is -2.31. The minimum atomic E-state index is -1.38. The van der Waals surface area contributed by atoms with Gasteiger partial charge in [-0.05, 0) is 71.4 Å². The van der Waals surface area contributed by atoms with E-state index in [1.165, 1.54) is 6.92 Å². The number of aliphatic carboxylic acids is 1. The van der Waals surface area contributed by atoms with Crippen molar-refractivity contribution in [1.29, 1.82) is 0 Å². The molecule has 10 N–H and O–H groups in total. The molecule has 7 amide bonds. The first-order chi connectivity index (χ1) is 31.5. The van der Waals surface area contributed by atoms with E-state index in [4.69, 9.17) is 5.73 Å². The largest absolute Gasteiger partial charge is 0.480 e. The summed E-state index contributed by atoms with van der Waals surface area (Å²) in [7, 11) is 0. The molecule has 3 aromatic carbocycles. The summed E-state index contributed by atoms with van der Waals surface area (Å²) in [5, 5.41) is 26.8. The first-order valence-electron chi connectivity index (χ1n) is 22.4. The highest BCUT2D eigenvalue weighted by Gasteiger charge is 2.38. The van der Waals surface area contributed by atoms with Crippen LogP contribution in [0.2, 0.25) is 0 Å². The third kappa shape index (κ3) is 13.3. The summed E-state index contributed by atoms with van der Waals surface area (Å²) in [6.07, 6.45) is 3.13. The number of fused-ring (bicyclic) bond motifs is 3. The Labute approximate surface area is 384 Å². The molecule has 0 spiro atoms. The molecule has 0 unspecified atom stereocenters. The summed E-state index contributed by atoms with van der Waals surface area (Å²) in [6.45, 7) is 7.89. The number of benzene rings is 3. The van der Waals surface area contributed by atoms with Crippen LogP contribution in [0.4, 0.5) is 0 Å². The molecule has 17 nitrogen and oxygen atoms in total. The number of carbonyl (C=O) groups excluding carboxylic acids is 7. The molecule has 1 aliphatic carbocycles. The average Bonchev–Trinajstić information content (AvgIpc) is 3.61. The zero-order valence-corrected chi connectivity index (χ0v) is 38.1. The van der Waals surface area contributed by atoms with Crippen molar-refractivity contribution < 1.29 is 43.5 Å². The van der Waals surface area contributed by atoms with E-state index in [0.29, 0.717) is 12.0 Å². The maximum absolute atomic E-state index is 14.5. The van der Waals surface area contributed by atoms with E-state index in [-0.39, 0.29) is 31.6 Å². The van der Waals surface area contributed by atoms with Gasteiger partial charge in [-0.25, -0.2) is 4.79 Å². The molecule has 17 heteroatoms. The van der Waals surface area contributed by atoms with E-state index in [1.54, 1.807) is 20.0 Å². The second-order valence-electron chi connectivity index (χ2n) is 17.4. The van der Waals surface area contributed by atoms with Crippen molar-refractivity contribution in [2.24, 2.45) is 17.6 Å². The Balaban J connectivity index is 1.29. The normalized spacial score (nSPS) is 15.0. The van der Waals surface area contributed by atoms with Gasteiger partial charge in [-0.1, -0.05) is 101 Å². The number of nitrogens with two attached hydrogens (primary N) is 1. The van der Waals surface area contributed by atoms with Gasteiger partial charge in [0, 0.05) is 42.8 Å². The van der Waals surface area contributed by atoms with Crippen molar-refractivity contribution in [3.8, 4) is 0 Å². The number of para-hydroxylation sites is 1. The summed E-state index contributed by atoms with van der Waals surface area (Å²) in [6, 6.07) is 16.6. The number of carboxylic acids is 1. The first-order valence-corrected chi connectivity index (χ1v) is 22.4. The van der Waals surface area contributed by atoms with Crippen LogP contribution >= 0.6 is 0 Å². The number of hydrogen-bond donors (Lipinski definition) is 9. The van der Waals surface area contributed by atoms with Crippen molar-refractivity contribution in [2.75, 3.05) is 6.54 Å². The van der Waals surface area contributed by atoms with Crippen LogP contribution in [0.25, 0.3) is 10.9 Å². The molecule has 1 aliphatic rings. The Morgan fingerprint density at radius 3 is 1.91 bits per heavy atom. The molecule has 0 bridgehead atoms. The molecule has 1 aromatic heterocycles. The quantitative estimate of drug-likeness (QED) is 0.0560. The number of nitrogens with one attached hydrogen (secondary N) is 7. The number of H-pyrrole nitrogens is 1. The maximum Gasteiger partial charge on any atom is 0.326 e. The number of amides is 7. The molecule has 66 heavy (non-hydrogen) atoms. The number of hydrogen-bond acceptors (Lipinski definition) is 8. The SMILES string of the molecule is CC[C@H](C)[C@H](NC(=O)CNC(=O)[C@H](CCC(N)=O)NC(=O)[C@H](CC(C)C)NC(=O)[C@H](NC(C)=O)C1c2ccccc2CCc2ccccc21)C(=O)N[C@@H](Cc1c[nH]c2ccccc12)C(=O)O. The highest BCUT2D eigenvalue weighted by Crippen LogP contribution is 2.37. The van der Waals surface area contributed by atoms with E-state index in [9.17, 15) is 43.5 Å². The van der Waals surface area contributed by atoms with E-state index in [0.717, 1.165) is 46.0 Å². The van der Waals surface area contributed by atoms with Crippen LogP contribution in [0.1, 0.15) is 94.0 Å². The zero-order valence-electron chi connectivity index (χ0n) is 38.1. The van der Waals surface area contributed by atoms with Gasteiger partial charge >= 0.3 is 5.97 Å². The molecule has 5 rings (SSSR count). The Morgan fingerprint density at radius 1 is 0.727 bits per heavy atom. The second kappa shape index (κ2) is 23.2. The summed E-state index contributed by atoms with van der Waals surface area (Å²) < 4.78 is 0. The van der Waals surface area contributed by atoms with E-state index in [2.05, 4.69) is 36.9 Å². The fourth-order valence-electron chi connectivity index (χ4n) is 8.44. The van der Waals surface area contributed by atoms with Crippen LogP contribution in [-0.4, -0.2) is 94.2 Å². The number of aryl methyl sites for hydroxylation is 2. The Morgan fingerprint density at radius 2 is 1.32 bits per heavy atom. The smallest absolute Gasteiger partial charge is 0.326 e. The van der Waals surface area contributed by atoms with Gasteiger partial charge in [0.1, 0.15) is 30.2 Å². The van der Waals surface area contributed by atoms with Crippen molar-refractivity contribution in [2.45, 2.75) is 116 Å². The third-order valence-electron chi connectivity index (χ3n) is 12.0. The molecule has 1 heterocycles. The van der Waals surface area contributed by atoms with Gasteiger partial charge in [0.05, 0.1) is 6.54 Å². The fourth-order valence-corrected chi connectivity index (χ4v) is 8.44. The number of primary amides is 1. The topological polar surface area (TPSA) is 271 Å². The van der Waals surface area contributed by atoms with Crippen LogP contribution in [0.3, 0.4) is 0 Å². The molecule has 6 atom stereocenters. The van der Waals surface area contributed by atoms with Crippen molar-refractivity contribution >= 4 is 58.2 Å². The van der Waals surface area contributed by atoms with Gasteiger partial charge < -0.3 is 47.7 Å². The Hall–Kier alpha value is -7.04. The van der Waals surface area contributed by atoms with Crippen molar-refractivity contribution in [3.05, 3.63) is 107 Å². The number of aromatic amines is 1. The lowest BCUT2D eigenvalue weighted by atomic mass is 9.82. The van der Waals surface area contributed by atoms with Crippen LogP contribution in [0, 0.1) is 11.8 Å². The molecule has 352 valence electrons. The highest BCUT2D eigenvalue weighted by molar-refractivity contribution is 5.97. The third-order valence-corrected chi connectivity index (χ3v) is 12.0. The average molecular weight is 907 g/mol. The Bertz CT molecular complexity index is 2370. The minimum Gasteiger partial charge on any atom is -0.480 e. The second-order valence-corrected chi connectivity index (χ2v) is 17.4. The number of carbonyl (C=O) groups is 8. The molecular weight excluding hydrogens is 845 g/mol. The molecule has 0 saturated carbocycles. The molecule has 0 fully saturated rings. The number of carboxylic acid groups (broad SMARTS) is 1. The van der Waals surface area contributed by atoms with Crippen molar-refractivity contribution in [3.63, 3.8) is 0 Å². The van der Waals surface area contributed by atoms with Crippen LogP contribution < -0.4 is 37.6 Å². The lowest BCUT2D eigenvalue weighted by Crippen LogP contribution is -2.58. The Kier molecular flexibility index (Phi) is 17.6. The molecular formula is C49H62N8O9. The lowest BCUT2D eigenvalue weighted by molar-refractivity contribution is -0.142. The van der Waals surface area contributed by atoms with Gasteiger partial charge in [0.25, 0.3) is 0 Å². The van der Waals surface area contributed by atoms with E-state index < -0.39 is 95.9 Å². The maximum atomic E-state index is 14.5. The molecule has 4 aromatic rings.